The van der Waals surface area contributed by atoms with Crippen LogP contribution >= 0.6 is 0 Å². The molecule has 60 valence electrons. The van der Waals surface area contributed by atoms with E-state index in [1.807, 2.05) is 0 Å². The predicted molar refractivity (Wildman–Crippen MR) is 55.1 cm³/mol. The van der Waals surface area contributed by atoms with E-state index >= 15 is 0 Å². The summed E-state index contributed by atoms with van der Waals surface area (Å²) in [6.45, 7) is 0. The van der Waals surface area contributed by atoms with Gasteiger partial charge in [-0.3, -0.25) is 0 Å². The maximum atomic E-state index is 2.39. The average Bonchev–Trinajstić information content (AvgIpc) is 2.09. The SMILES string of the molecule is C[Se][As]([Se]C)c1ccccc1. The molecule has 3 heteroatoms. The fourth-order valence-electron chi connectivity index (χ4n) is 0.835. The molecule has 1 aromatic carbocycles. The first kappa shape index (κ1) is 9.90. The van der Waals surface area contributed by atoms with E-state index in [4.69, 9.17) is 0 Å². The molecule has 0 spiro atoms. The van der Waals surface area contributed by atoms with Crippen molar-refractivity contribution < 1.29 is 0 Å². The molecular weight excluding hydrogens is 329 g/mol. The van der Waals surface area contributed by atoms with Crippen LogP contribution in [0.1, 0.15) is 0 Å². The van der Waals surface area contributed by atoms with Crippen molar-refractivity contribution in [1.82, 2.24) is 0 Å². The van der Waals surface area contributed by atoms with Gasteiger partial charge in [-0.15, -0.1) is 0 Å². The Morgan fingerprint density at radius 2 is 1.55 bits per heavy atom. The number of rotatable bonds is 3. The van der Waals surface area contributed by atoms with E-state index in [2.05, 4.69) is 42.0 Å². The molecule has 0 unspecified atom stereocenters. The van der Waals surface area contributed by atoms with E-state index in [9.17, 15) is 0 Å². The van der Waals surface area contributed by atoms with Crippen LogP contribution in [0.4, 0.5) is 0 Å². The fraction of sp³-hybridized carbons (Fsp3) is 0.250. The Labute approximate surface area is 82.6 Å². The first-order valence-electron chi connectivity index (χ1n) is 3.32. The quantitative estimate of drug-likeness (QED) is 0.717. The molecule has 0 saturated carbocycles. The minimum atomic E-state index is -0.491. The molecule has 1 aromatic rings. The zero-order valence-electron chi connectivity index (χ0n) is 6.65. The van der Waals surface area contributed by atoms with Crippen molar-refractivity contribution in [3.8, 4) is 0 Å². The second kappa shape index (κ2) is 5.46. The molecule has 0 aliphatic rings. The second-order valence-corrected chi connectivity index (χ2v) is 27.7. The van der Waals surface area contributed by atoms with Crippen LogP contribution in [0.25, 0.3) is 0 Å². The summed E-state index contributed by atoms with van der Waals surface area (Å²) >= 11 is 1.84. The zero-order chi connectivity index (χ0) is 8.10. The minimum absolute atomic E-state index is 0.491. The van der Waals surface area contributed by atoms with E-state index in [1.165, 1.54) is 0 Å². The third-order valence-corrected chi connectivity index (χ3v) is 32.9. The predicted octanol–water partition coefficient (Wildman–Crippen LogP) is 0.886. The average molecular weight is 340 g/mol. The van der Waals surface area contributed by atoms with Crippen LogP contribution < -0.4 is 4.35 Å². The van der Waals surface area contributed by atoms with Crippen LogP contribution in [0, 0.1) is 0 Å². The molecule has 11 heavy (non-hydrogen) atoms. The van der Waals surface area contributed by atoms with E-state index in [1.54, 1.807) is 4.35 Å². The Bertz CT molecular complexity index is 197. The van der Waals surface area contributed by atoms with E-state index in [-0.39, 0.29) is 0 Å². The Balaban J connectivity index is 2.74. The summed E-state index contributed by atoms with van der Waals surface area (Å²) in [6, 6.07) is 11.1. The summed E-state index contributed by atoms with van der Waals surface area (Å²) < 4.78 is 1.69. The molecule has 0 radical (unpaired) electrons. The topological polar surface area (TPSA) is 0 Å². The van der Waals surface area contributed by atoms with E-state index in [0.717, 1.165) is 25.9 Å². The first-order valence-corrected chi connectivity index (χ1v) is 17.2. The summed E-state index contributed by atoms with van der Waals surface area (Å²) in [5, 5.41) is 0. The third kappa shape index (κ3) is 2.97. The molecule has 0 aliphatic heterocycles. The second-order valence-electron chi connectivity index (χ2n) is 1.96. The Morgan fingerprint density at radius 3 is 2.00 bits per heavy atom. The van der Waals surface area contributed by atoms with Gasteiger partial charge in [-0.2, -0.15) is 0 Å². The molecular formula is C8H11AsSe2. The van der Waals surface area contributed by atoms with Crippen LogP contribution in [0.2, 0.25) is 11.6 Å². The van der Waals surface area contributed by atoms with Gasteiger partial charge in [0.25, 0.3) is 0 Å². The first-order chi connectivity index (χ1) is 5.38. The van der Waals surface area contributed by atoms with Gasteiger partial charge in [0.2, 0.25) is 0 Å². The van der Waals surface area contributed by atoms with Crippen LogP contribution in [-0.4, -0.2) is 36.8 Å². The van der Waals surface area contributed by atoms with Gasteiger partial charge in [-0.1, -0.05) is 0 Å². The van der Waals surface area contributed by atoms with Gasteiger partial charge in [0.1, 0.15) is 0 Å². The van der Waals surface area contributed by atoms with E-state index in [0.29, 0.717) is 0 Å². The monoisotopic (exact) mass is 342 g/mol. The molecule has 0 amide bonds. The molecule has 0 aromatic heterocycles. The number of hydrogen-bond acceptors (Lipinski definition) is 0. The molecule has 1 rings (SSSR count). The summed E-state index contributed by atoms with van der Waals surface area (Å²) in [7, 11) is -0.491. The van der Waals surface area contributed by atoms with Crippen molar-refractivity contribution in [3.63, 3.8) is 0 Å². The molecule has 0 bridgehead atoms. The standard InChI is InChI=1S/C8H11AsSe2/c1-10-9(11-2)8-6-4-3-5-7-8/h3-7H,1-2H3. The van der Waals surface area contributed by atoms with Crippen molar-refractivity contribution >= 4 is 41.1 Å². The molecule has 0 N–H and O–H groups in total. The molecule has 0 fully saturated rings. The fourth-order valence-corrected chi connectivity index (χ4v) is 20.2. The third-order valence-electron chi connectivity index (χ3n) is 1.30. The summed E-state index contributed by atoms with van der Waals surface area (Å²) in [6.07, 6.45) is 0. The van der Waals surface area contributed by atoms with Gasteiger partial charge in [-0.25, -0.2) is 0 Å². The maximum absolute atomic E-state index is 2.39. The Kier molecular flexibility index (Phi) is 4.92. The van der Waals surface area contributed by atoms with Gasteiger partial charge in [0, 0.05) is 0 Å². The summed E-state index contributed by atoms with van der Waals surface area (Å²) in [5.41, 5.74) is 0. The van der Waals surface area contributed by atoms with Gasteiger partial charge < -0.3 is 0 Å². The molecule has 0 nitrogen and oxygen atoms in total. The van der Waals surface area contributed by atoms with Crippen LogP contribution in [0.15, 0.2) is 30.3 Å². The van der Waals surface area contributed by atoms with Gasteiger partial charge in [-0.05, 0) is 0 Å². The zero-order valence-corrected chi connectivity index (χ0v) is 12.0. The van der Waals surface area contributed by atoms with Crippen LogP contribution in [-0.2, 0) is 0 Å². The molecule has 0 heterocycles. The van der Waals surface area contributed by atoms with Gasteiger partial charge in [0.05, 0.1) is 0 Å². The number of hydrogen-bond donors (Lipinski definition) is 0. The van der Waals surface area contributed by atoms with Crippen molar-refractivity contribution in [2.45, 2.75) is 11.6 Å². The van der Waals surface area contributed by atoms with E-state index < -0.39 is 10.9 Å². The molecule has 0 saturated heterocycles. The van der Waals surface area contributed by atoms with Crippen molar-refractivity contribution in [2.24, 2.45) is 0 Å². The summed E-state index contributed by atoms with van der Waals surface area (Å²) in [4.78, 5) is 0. The van der Waals surface area contributed by atoms with Gasteiger partial charge >= 0.3 is 83.1 Å². The van der Waals surface area contributed by atoms with Gasteiger partial charge in [0.15, 0.2) is 0 Å². The number of benzene rings is 1. The Morgan fingerprint density at radius 1 is 1.00 bits per heavy atom. The molecule has 0 atom stereocenters. The molecule has 0 aliphatic carbocycles. The van der Waals surface area contributed by atoms with Crippen molar-refractivity contribution in [3.05, 3.63) is 30.3 Å². The van der Waals surface area contributed by atoms with Crippen molar-refractivity contribution in [2.75, 3.05) is 0 Å². The van der Waals surface area contributed by atoms with Crippen LogP contribution in [0.3, 0.4) is 0 Å². The Hall–Kier alpha value is 0.817. The normalized spacial score (nSPS) is 10.5. The van der Waals surface area contributed by atoms with Crippen LogP contribution in [0.5, 0.6) is 0 Å². The summed E-state index contributed by atoms with van der Waals surface area (Å²) in [5.74, 6) is 4.79. The van der Waals surface area contributed by atoms with Crippen molar-refractivity contribution in [1.29, 1.82) is 0 Å².